The van der Waals surface area contributed by atoms with Gasteiger partial charge in [-0.15, -0.1) is 0 Å². The van der Waals surface area contributed by atoms with Crippen LogP contribution in [0.15, 0.2) is 60.8 Å². The van der Waals surface area contributed by atoms with Crippen LogP contribution in [0.3, 0.4) is 0 Å². The maximum absolute atomic E-state index is 13.3. The molecule has 2 aromatic carbocycles. The molecule has 0 saturated heterocycles. The number of amides is 1. The molecule has 1 amide bonds. The van der Waals surface area contributed by atoms with Crippen molar-refractivity contribution in [1.82, 2.24) is 14.9 Å². The van der Waals surface area contributed by atoms with Crippen LogP contribution in [0.2, 0.25) is 5.02 Å². The number of benzene rings is 2. The normalized spacial score (nSPS) is 18.3. The van der Waals surface area contributed by atoms with E-state index in [1.807, 2.05) is 53.2 Å². The largest absolute Gasteiger partial charge is 0.481 e. The van der Waals surface area contributed by atoms with E-state index < -0.39 is 5.97 Å². The summed E-state index contributed by atoms with van der Waals surface area (Å²) in [6, 6.07) is 17.7. The molecule has 0 radical (unpaired) electrons. The minimum atomic E-state index is -0.720. The lowest BCUT2D eigenvalue weighted by Crippen LogP contribution is -2.32. The highest BCUT2D eigenvalue weighted by molar-refractivity contribution is 6.35. The van der Waals surface area contributed by atoms with Crippen molar-refractivity contribution in [3.05, 3.63) is 77.1 Å². The van der Waals surface area contributed by atoms with E-state index in [-0.39, 0.29) is 17.7 Å². The lowest BCUT2D eigenvalue weighted by molar-refractivity contribution is -0.143. The Hall–Kier alpha value is -3.38. The fourth-order valence-corrected chi connectivity index (χ4v) is 5.17. The van der Waals surface area contributed by atoms with Crippen LogP contribution < -0.4 is 5.32 Å². The number of aromatic nitrogens is 2. The second-order valence-corrected chi connectivity index (χ2v) is 9.47. The quantitative estimate of drug-likeness (QED) is 0.385. The highest BCUT2D eigenvalue weighted by Gasteiger charge is 2.26. The Bertz CT molecular complexity index is 1370. The Kier molecular flexibility index (Phi) is 6.24. The molecule has 174 valence electrons. The summed E-state index contributed by atoms with van der Waals surface area (Å²) in [5.41, 5.74) is 3.08. The molecule has 6 nitrogen and oxygen atoms in total. The number of aliphatic carboxylic acids is 1. The number of carbonyl (C=O) groups excluding carboxylic acids is 1. The molecule has 0 bridgehead atoms. The van der Waals surface area contributed by atoms with Gasteiger partial charge in [0.15, 0.2) is 0 Å². The Morgan fingerprint density at radius 1 is 1.00 bits per heavy atom. The number of fused-ring (bicyclic) bond motifs is 2. The zero-order valence-electron chi connectivity index (χ0n) is 18.7. The SMILES string of the molecule is O=C(NC[C@H]1CC[C@H](C(=O)O)CC1)c1c(Cl)ccc2ccn(Cc3ccc4ccccc4n3)c12. The van der Waals surface area contributed by atoms with E-state index in [0.29, 0.717) is 36.5 Å². The number of hydrogen-bond donors (Lipinski definition) is 2. The predicted octanol–water partition coefficient (Wildman–Crippen LogP) is 5.51. The second-order valence-electron chi connectivity index (χ2n) is 9.07. The number of nitrogens with one attached hydrogen (secondary N) is 1. The van der Waals surface area contributed by atoms with Crippen LogP contribution in [0, 0.1) is 11.8 Å². The fraction of sp³-hybridized carbons (Fsp3) is 0.296. The lowest BCUT2D eigenvalue weighted by atomic mass is 9.82. The summed E-state index contributed by atoms with van der Waals surface area (Å²) in [5, 5.41) is 14.7. The third kappa shape index (κ3) is 4.50. The van der Waals surface area contributed by atoms with E-state index in [0.717, 1.165) is 40.3 Å². The van der Waals surface area contributed by atoms with Crippen molar-refractivity contribution < 1.29 is 14.7 Å². The third-order valence-electron chi connectivity index (χ3n) is 6.84. The monoisotopic (exact) mass is 475 g/mol. The first-order valence-corrected chi connectivity index (χ1v) is 12.0. The van der Waals surface area contributed by atoms with E-state index in [1.165, 1.54) is 0 Å². The molecule has 0 aliphatic heterocycles. The fourth-order valence-electron chi connectivity index (χ4n) is 4.93. The summed E-state index contributed by atoms with van der Waals surface area (Å²) in [6.45, 7) is 1.04. The van der Waals surface area contributed by atoms with Gasteiger partial charge < -0.3 is 15.0 Å². The number of carbonyl (C=O) groups is 2. The number of carboxylic acids is 1. The van der Waals surface area contributed by atoms with Crippen LogP contribution >= 0.6 is 11.6 Å². The van der Waals surface area contributed by atoms with Gasteiger partial charge in [0.2, 0.25) is 0 Å². The highest BCUT2D eigenvalue weighted by atomic mass is 35.5. The van der Waals surface area contributed by atoms with Crippen molar-refractivity contribution in [3.8, 4) is 0 Å². The number of carboxylic acid groups (broad SMARTS) is 1. The van der Waals surface area contributed by atoms with Gasteiger partial charge >= 0.3 is 5.97 Å². The van der Waals surface area contributed by atoms with Gasteiger partial charge in [0.05, 0.1) is 39.8 Å². The molecule has 1 fully saturated rings. The maximum atomic E-state index is 13.3. The molecule has 34 heavy (non-hydrogen) atoms. The van der Waals surface area contributed by atoms with Crippen LogP contribution in [0.4, 0.5) is 0 Å². The van der Waals surface area contributed by atoms with E-state index >= 15 is 0 Å². The van der Waals surface area contributed by atoms with Gasteiger partial charge in [-0.25, -0.2) is 0 Å². The Balaban J connectivity index is 1.37. The number of para-hydroxylation sites is 1. The molecule has 2 aromatic heterocycles. The highest BCUT2D eigenvalue weighted by Crippen LogP contribution is 2.30. The third-order valence-corrected chi connectivity index (χ3v) is 7.16. The molecule has 2 N–H and O–H groups in total. The summed E-state index contributed by atoms with van der Waals surface area (Å²) in [6.07, 6.45) is 4.89. The molecule has 0 spiro atoms. The molecule has 0 unspecified atom stereocenters. The predicted molar refractivity (Wildman–Crippen MR) is 133 cm³/mol. The van der Waals surface area contributed by atoms with Crippen molar-refractivity contribution in [2.45, 2.75) is 32.2 Å². The topological polar surface area (TPSA) is 84.2 Å². The van der Waals surface area contributed by atoms with Crippen LogP contribution in [0.5, 0.6) is 0 Å². The molecule has 0 atom stereocenters. The minimum Gasteiger partial charge on any atom is -0.481 e. The zero-order chi connectivity index (χ0) is 23.7. The van der Waals surface area contributed by atoms with E-state index in [1.54, 1.807) is 6.07 Å². The summed E-state index contributed by atoms with van der Waals surface area (Å²) in [5.74, 6) is -0.904. The Morgan fingerprint density at radius 2 is 1.76 bits per heavy atom. The van der Waals surface area contributed by atoms with Gasteiger partial charge in [-0.1, -0.05) is 41.9 Å². The Labute approximate surface area is 202 Å². The number of nitrogens with zero attached hydrogens (tertiary/aromatic N) is 2. The Morgan fingerprint density at radius 3 is 2.56 bits per heavy atom. The van der Waals surface area contributed by atoms with Gasteiger partial charge in [0, 0.05) is 23.5 Å². The number of hydrogen-bond acceptors (Lipinski definition) is 3. The summed E-state index contributed by atoms with van der Waals surface area (Å²) in [7, 11) is 0. The van der Waals surface area contributed by atoms with E-state index in [4.69, 9.17) is 16.6 Å². The van der Waals surface area contributed by atoms with Crippen molar-refractivity contribution in [2.24, 2.45) is 11.8 Å². The van der Waals surface area contributed by atoms with Crippen LogP contribution in [-0.2, 0) is 11.3 Å². The molecule has 7 heteroatoms. The van der Waals surface area contributed by atoms with E-state index in [2.05, 4.69) is 11.4 Å². The van der Waals surface area contributed by atoms with Gasteiger partial charge in [-0.05, 0) is 55.9 Å². The molecular formula is C27H26ClN3O3. The van der Waals surface area contributed by atoms with E-state index in [9.17, 15) is 14.7 Å². The van der Waals surface area contributed by atoms with Crippen LogP contribution in [-0.4, -0.2) is 33.1 Å². The standard InChI is InChI=1S/C27H26ClN3O3/c28-22-12-10-19-13-14-31(16-21-11-9-18-3-1-2-4-23(18)30-21)25(19)24(22)26(32)29-15-17-5-7-20(8-6-17)27(33)34/h1-4,9-14,17,20H,5-8,15-16H2,(H,29,32)(H,33,34)/t17-,20-. The second kappa shape index (κ2) is 9.47. The van der Waals surface area contributed by atoms with Crippen molar-refractivity contribution >= 4 is 45.3 Å². The maximum Gasteiger partial charge on any atom is 0.306 e. The first-order chi connectivity index (χ1) is 16.5. The van der Waals surface area contributed by atoms with Gasteiger partial charge in [0.1, 0.15) is 0 Å². The molecule has 1 saturated carbocycles. The average Bonchev–Trinajstić information content (AvgIpc) is 3.25. The van der Waals surface area contributed by atoms with Crippen molar-refractivity contribution in [2.75, 3.05) is 6.54 Å². The summed E-state index contributed by atoms with van der Waals surface area (Å²) in [4.78, 5) is 29.2. The van der Waals surface area contributed by atoms with Gasteiger partial charge in [-0.2, -0.15) is 0 Å². The number of halogens is 1. The molecule has 5 rings (SSSR count). The first kappa shape index (κ1) is 22.4. The molecule has 1 aliphatic rings. The van der Waals surface area contributed by atoms with Gasteiger partial charge in [0.25, 0.3) is 5.91 Å². The minimum absolute atomic E-state index is 0.206. The van der Waals surface area contributed by atoms with Crippen LogP contribution in [0.1, 0.15) is 41.7 Å². The van der Waals surface area contributed by atoms with Crippen molar-refractivity contribution in [1.29, 1.82) is 0 Å². The average molecular weight is 476 g/mol. The molecule has 1 aliphatic carbocycles. The summed E-state index contributed by atoms with van der Waals surface area (Å²) < 4.78 is 2.02. The van der Waals surface area contributed by atoms with Crippen molar-refractivity contribution in [3.63, 3.8) is 0 Å². The zero-order valence-corrected chi connectivity index (χ0v) is 19.5. The smallest absolute Gasteiger partial charge is 0.306 e. The molecule has 4 aromatic rings. The number of pyridine rings is 1. The number of rotatable bonds is 6. The first-order valence-electron chi connectivity index (χ1n) is 11.6. The lowest BCUT2D eigenvalue weighted by Gasteiger charge is -2.26. The molecule has 2 heterocycles. The van der Waals surface area contributed by atoms with Crippen LogP contribution in [0.25, 0.3) is 21.8 Å². The van der Waals surface area contributed by atoms with Gasteiger partial charge in [-0.3, -0.25) is 14.6 Å². The molecular weight excluding hydrogens is 450 g/mol. The summed E-state index contributed by atoms with van der Waals surface area (Å²) >= 11 is 6.53.